The quantitative estimate of drug-likeness (QED) is 0.806. The molecule has 1 amide bonds. The third-order valence-corrected chi connectivity index (χ3v) is 3.47. The molecule has 0 radical (unpaired) electrons. The van der Waals surface area contributed by atoms with Crippen molar-refractivity contribution in [3.8, 4) is 11.5 Å². The van der Waals surface area contributed by atoms with Gasteiger partial charge in [0.05, 0.1) is 18.1 Å². The van der Waals surface area contributed by atoms with Crippen molar-refractivity contribution in [2.24, 2.45) is 0 Å². The maximum Gasteiger partial charge on any atom is 0.313 e. The molecule has 0 saturated carbocycles. The number of fused-ring (bicyclic) bond motifs is 1. The number of amides is 1. The number of thioether (sulfide) groups is 1. The zero-order valence-electron chi connectivity index (χ0n) is 10.7. The van der Waals surface area contributed by atoms with E-state index in [2.05, 4.69) is 5.32 Å². The van der Waals surface area contributed by atoms with Crippen LogP contribution in [0.15, 0.2) is 24.3 Å². The Morgan fingerprint density at radius 3 is 2.80 bits per heavy atom. The lowest BCUT2D eigenvalue weighted by Crippen LogP contribution is -2.41. The van der Waals surface area contributed by atoms with Crippen molar-refractivity contribution < 1.29 is 24.2 Å². The van der Waals surface area contributed by atoms with Crippen LogP contribution in [-0.4, -0.2) is 47.7 Å². The van der Waals surface area contributed by atoms with Gasteiger partial charge in [0, 0.05) is 0 Å². The van der Waals surface area contributed by atoms with Crippen LogP contribution in [0.2, 0.25) is 0 Å². The van der Waals surface area contributed by atoms with E-state index in [1.807, 2.05) is 24.3 Å². The van der Waals surface area contributed by atoms with Gasteiger partial charge in [0.15, 0.2) is 11.5 Å². The molecule has 1 atom stereocenters. The van der Waals surface area contributed by atoms with Crippen molar-refractivity contribution >= 4 is 23.6 Å². The maximum absolute atomic E-state index is 11.5. The van der Waals surface area contributed by atoms with E-state index in [9.17, 15) is 9.59 Å². The number of carbonyl (C=O) groups excluding carboxylic acids is 1. The minimum atomic E-state index is -0.927. The summed E-state index contributed by atoms with van der Waals surface area (Å²) < 4.78 is 11.2. The summed E-state index contributed by atoms with van der Waals surface area (Å²) in [4.78, 5) is 21.8. The van der Waals surface area contributed by atoms with Gasteiger partial charge in [0.2, 0.25) is 5.91 Å². The molecule has 2 rings (SSSR count). The van der Waals surface area contributed by atoms with E-state index in [1.165, 1.54) is 0 Å². The molecule has 1 aliphatic rings. The largest absolute Gasteiger partial charge is 0.486 e. The van der Waals surface area contributed by atoms with Crippen molar-refractivity contribution in [1.82, 2.24) is 5.32 Å². The lowest BCUT2D eigenvalue weighted by molar-refractivity contribution is -0.133. The number of rotatable bonds is 6. The Morgan fingerprint density at radius 2 is 2.05 bits per heavy atom. The molecule has 108 valence electrons. The molecule has 0 fully saturated rings. The van der Waals surface area contributed by atoms with Crippen molar-refractivity contribution in [1.29, 1.82) is 0 Å². The average molecular weight is 297 g/mol. The Kier molecular flexibility index (Phi) is 5.11. The van der Waals surface area contributed by atoms with E-state index in [1.54, 1.807) is 0 Å². The first kappa shape index (κ1) is 14.5. The summed E-state index contributed by atoms with van der Waals surface area (Å²) in [5.74, 6) is 0.271. The first-order valence-electron chi connectivity index (χ1n) is 6.10. The highest BCUT2D eigenvalue weighted by Crippen LogP contribution is 2.30. The van der Waals surface area contributed by atoms with Crippen LogP contribution in [0, 0.1) is 0 Å². The molecule has 1 unspecified atom stereocenters. The number of carboxylic acids is 1. The average Bonchev–Trinajstić information content (AvgIpc) is 2.44. The number of aliphatic carboxylic acids is 1. The number of carbonyl (C=O) groups is 2. The van der Waals surface area contributed by atoms with Gasteiger partial charge in [0.25, 0.3) is 0 Å². The normalized spacial score (nSPS) is 16.5. The van der Waals surface area contributed by atoms with Gasteiger partial charge in [0.1, 0.15) is 12.7 Å². The number of para-hydroxylation sites is 2. The third kappa shape index (κ3) is 4.34. The topological polar surface area (TPSA) is 84.9 Å². The Bertz CT molecular complexity index is 493. The monoisotopic (exact) mass is 297 g/mol. The molecule has 0 spiro atoms. The van der Waals surface area contributed by atoms with Gasteiger partial charge in [-0.05, 0) is 12.1 Å². The summed E-state index contributed by atoms with van der Waals surface area (Å²) in [6, 6.07) is 7.36. The SMILES string of the molecule is O=C(O)CSCC(=O)NCC1COc2ccccc2O1. The van der Waals surface area contributed by atoms with E-state index in [4.69, 9.17) is 14.6 Å². The highest BCUT2D eigenvalue weighted by atomic mass is 32.2. The zero-order valence-corrected chi connectivity index (χ0v) is 11.5. The molecule has 0 bridgehead atoms. The lowest BCUT2D eigenvalue weighted by Gasteiger charge is -2.26. The number of nitrogens with one attached hydrogen (secondary N) is 1. The van der Waals surface area contributed by atoms with Gasteiger partial charge in [-0.15, -0.1) is 11.8 Å². The first-order valence-corrected chi connectivity index (χ1v) is 7.25. The van der Waals surface area contributed by atoms with Gasteiger partial charge >= 0.3 is 5.97 Å². The van der Waals surface area contributed by atoms with E-state index in [0.717, 1.165) is 11.8 Å². The predicted octanol–water partition coefficient (Wildman–Crippen LogP) is 0.760. The van der Waals surface area contributed by atoms with E-state index in [-0.39, 0.29) is 23.5 Å². The Balaban J connectivity index is 1.70. The Hall–Kier alpha value is -1.89. The van der Waals surface area contributed by atoms with Gasteiger partial charge < -0.3 is 19.9 Å². The second-order valence-electron chi connectivity index (χ2n) is 4.19. The summed E-state index contributed by atoms with van der Waals surface area (Å²) in [6.07, 6.45) is -0.238. The predicted molar refractivity (Wildman–Crippen MR) is 74.3 cm³/mol. The summed E-state index contributed by atoms with van der Waals surface area (Å²) in [7, 11) is 0. The third-order valence-electron chi connectivity index (χ3n) is 2.55. The highest BCUT2D eigenvalue weighted by molar-refractivity contribution is 8.00. The number of benzene rings is 1. The fraction of sp³-hybridized carbons (Fsp3) is 0.385. The molecule has 0 aromatic heterocycles. The van der Waals surface area contributed by atoms with Gasteiger partial charge in [-0.25, -0.2) is 0 Å². The second-order valence-corrected chi connectivity index (χ2v) is 5.17. The number of ether oxygens (including phenoxy) is 2. The molecule has 1 heterocycles. The molecule has 1 aromatic rings. The molecule has 0 aliphatic carbocycles. The van der Waals surface area contributed by atoms with E-state index in [0.29, 0.717) is 24.7 Å². The van der Waals surface area contributed by atoms with Crippen LogP contribution in [0.25, 0.3) is 0 Å². The van der Waals surface area contributed by atoms with Crippen LogP contribution >= 0.6 is 11.8 Å². The molecule has 6 nitrogen and oxygen atoms in total. The Morgan fingerprint density at radius 1 is 1.30 bits per heavy atom. The summed E-state index contributed by atoms with van der Waals surface area (Å²) in [6.45, 7) is 0.709. The second kappa shape index (κ2) is 7.04. The molecule has 7 heteroatoms. The number of carboxylic acid groups (broad SMARTS) is 1. The van der Waals surface area contributed by atoms with Gasteiger partial charge in [-0.2, -0.15) is 0 Å². The molecule has 2 N–H and O–H groups in total. The maximum atomic E-state index is 11.5. The van der Waals surface area contributed by atoms with Crippen LogP contribution in [0.3, 0.4) is 0 Å². The molecular formula is C13H15NO5S. The minimum absolute atomic E-state index is 0.0795. The highest BCUT2D eigenvalue weighted by Gasteiger charge is 2.20. The lowest BCUT2D eigenvalue weighted by atomic mass is 10.2. The molecule has 0 saturated heterocycles. The van der Waals surface area contributed by atoms with Crippen molar-refractivity contribution in [2.45, 2.75) is 6.10 Å². The fourth-order valence-corrected chi connectivity index (χ4v) is 2.24. The molecule has 1 aromatic carbocycles. The van der Waals surface area contributed by atoms with Crippen LogP contribution in [0.5, 0.6) is 11.5 Å². The molecular weight excluding hydrogens is 282 g/mol. The summed E-state index contributed by atoms with van der Waals surface area (Å²) in [5, 5.41) is 11.2. The Labute approximate surface area is 120 Å². The van der Waals surface area contributed by atoms with Gasteiger partial charge in [-0.1, -0.05) is 12.1 Å². The number of hydrogen-bond acceptors (Lipinski definition) is 5. The van der Waals surface area contributed by atoms with E-state index >= 15 is 0 Å². The molecule has 20 heavy (non-hydrogen) atoms. The van der Waals surface area contributed by atoms with E-state index < -0.39 is 5.97 Å². The fourth-order valence-electron chi connectivity index (χ4n) is 1.67. The van der Waals surface area contributed by atoms with Crippen LogP contribution in [0.1, 0.15) is 0 Å². The standard InChI is InChI=1S/C13H15NO5S/c15-12(7-20-8-13(16)17)14-5-9-6-18-10-3-1-2-4-11(10)19-9/h1-4,9H,5-8H2,(H,14,15)(H,16,17). The number of hydrogen-bond donors (Lipinski definition) is 2. The van der Waals surface area contributed by atoms with Crippen LogP contribution < -0.4 is 14.8 Å². The summed E-state index contributed by atoms with van der Waals surface area (Å²) >= 11 is 1.06. The molecule has 1 aliphatic heterocycles. The van der Waals surface area contributed by atoms with Crippen molar-refractivity contribution in [3.63, 3.8) is 0 Å². The minimum Gasteiger partial charge on any atom is -0.486 e. The van der Waals surface area contributed by atoms with Crippen molar-refractivity contribution in [3.05, 3.63) is 24.3 Å². The first-order chi connectivity index (χ1) is 9.65. The van der Waals surface area contributed by atoms with Gasteiger partial charge in [-0.3, -0.25) is 9.59 Å². The smallest absolute Gasteiger partial charge is 0.313 e. The summed E-state index contributed by atoms with van der Waals surface area (Å²) in [5.41, 5.74) is 0. The zero-order chi connectivity index (χ0) is 14.4. The van der Waals surface area contributed by atoms with Crippen molar-refractivity contribution in [2.75, 3.05) is 24.7 Å². The van der Waals surface area contributed by atoms with Crippen LogP contribution in [0.4, 0.5) is 0 Å². The van der Waals surface area contributed by atoms with Crippen LogP contribution in [-0.2, 0) is 9.59 Å².